The van der Waals surface area contributed by atoms with Crippen LogP contribution in [0.5, 0.6) is 11.5 Å². The molecule has 1 unspecified atom stereocenters. The van der Waals surface area contributed by atoms with E-state index < -0.39 is 56.7 Å². The zero-order valence-corrected chi connectivity index (χ0v) is 12.7. The van der Waals surface area contributed by atoms with Crippen molar-refractivity contribution in [2.75, 3.05) is 6.61 Å². The average Bonchev–Trinajstić information content (AvgIpc) is 2.43. The Morgan fingerprint density at radius 2 is 2.00 bits per heavy atom. The van der Waals surface area contributed by atoms with Gasteiger partial charge in [0, 0.05) is 6.08 Å². The Bertz CT molecular complexity index is 734. The lowest BCUT2D eigenvalue weighted by molar-refractivity contribution is -0.129. The molecule has 1 atom stereocenters. The second-order valence-corrected chi connectivity index (χ2v) is 5.69. The number of esters is 1. The minimum absolute atomic E-state index is 0.440. The molecular formula is C13H14O9S. The van der Waals surface area contributed by atoms with Crippen LogP contribution in [0.25, 0.3) is 0 Å². The fourth-order valence-corrected chi connectivity index (χ4v) is 2.37. The zero-order valence-electron chi connectivity index (χ0n) is 11.9. The van der Waals surface area contributed by atoms with E-state index in [-0.39, 0.29) is 0 Å². The lowest BCUT2D eigenvalue weighted by Crippen LogP contribution is -2.18. The number of hydrogen-bond donors (Lipinski definition) is 3. The molecule has 0 aliphatic carbocycles. The van der Waals surface area contributed by atoms with Crippen molar-refractivity contribution in [3.8, 4) is 11.5 Å². The number of aliphatic hydroxyl groups excluding tert-OH is 1. The largest absolute Gasteiger partial charge is 0.486 e. The highest BCUT2D eigenvalue weighted by Gasteiger charge is 2.29. The highest BCUT2D eigenvalue weighted by molar-refractivity contribution is 7.86. The molecular weight excluding hydrogens is 332 g/mol. The summed E-state index contributed by atoms with van der Waals surface area (Å²) in [5.41, 5.74) is -0.786. The van der Waals surface area contributed by atoms with Crippen molar-refractivity contribution in [3.05, 3.63) is 30.4 Å². The van der Waals surface area contributed by atoms with Gasteiger partial charge in [-0.25, -0.2) is 9.59 Å². The van der Waals surface area contributed by atoms with E-state index in [0.717, 1.165) is 18.2 Å². The standard InChI is InChI=1S/C13H14O9S/c1-3-10(15)22-9-5-4-8(13(16)17)12(23(18,19)20)11(9)21-6-7(2)14/h3-5,7,14H,1,6H2,2H3,(H,16,17)(H,18,19,20). The molecule has 1 rings (SSSR count). The number of ether oxygens (including phenoxy) is 2. The van der Waals surface area contributed by atoms with Crippen LogP contribution in [-0.4, -0.2) is 47.8 Å². The fourth-order valence-electron chi connectivity index (χ4n) is 1.54. The van der Waals surface area contributed by atoms with Gasteiger partial charge in [-0.05, 0) is 19.1 Å². The minimum Gasteiger partial charge on any atom is -0.486 e. The number of carboxylic acid groups (broad SMARTS) is 1. The van der Waals surface area contributed by atoms with Gasteiger partial charge in [0.15, 0.2) is 16.4 Å². The highest BCUT2D eigenvalue weighted by atomic mass is 32.2. The normalized spacial score (nSPS) is 12.3. The Balaban J connectivity index is 3.62. The van der Waals surface area contributed by atoms with E-state index in [9.17, 15) is 27.7 Å². The summed E-state index contributed by atoms with van der Waals surface area (Å²) in [5.74, 6) is -3.77. The molecule has 0 spiro atoms. The van der Waals surface area contributed by atoms with Gasteiger partial charge in [-0.1, -0.05) is 6.58 Å². The van der Waals surface area contributed by atoms with Gasteiger partial charge in [-0.15, -0.1) is 0 Å². The van der Waals surface area contributed by atoms with Gasteiger partial charge in [-0.2, -0.15) is 8.42 Å². The predicted molar refractivity (Wildman–Crippen MR) is 76.2 cm³/mol. The lowest BCUT2D eigenvalue weighted by atomic mass is 10.2. The number of carbonyl (C=O) groups excluding carboxylic acids is 1. The van der Waals surface area contributed by atoms with Crippen LogP contribution in [0.3, 0.4) is 0 Å². The molecule has 0 saturated heterocycles. The van der Waals surface area contributed by atoms with Gasteiger partial charge in [-0.3, -0.25) is 4.55 Å². The molecule has 3 N–H and O–H groups in total. The van der Waals surface area contributed by atoms with Gasteiger partial charge in [0.25, 0.3) is 10.1 Å². The maximum Gasteiger partial charge on any atom is 0.337 e. The monoisotopic (exact) mass is 346 g/mol. The maximum absolute atomic E-state index is 11.5. The number of hydrogen-bond acceptors (Lipinski definition) is 7. The number of rotatable bonds is 7. The van der Waals surface area contributed by atoms with Crippen LogP contribution in [0.1, 0.15) is 17.3 Å². The molecule has 9 nitrogen and oxygen atoms in total. The highest BCUT2D eigenvalue weighted by Crippen LogP contribution is 2.37. The molecule has 0 bridgehead atoms. The molecule has 0 heterocycles. The first-order valence-corrected chi connectivity index (χ1v) is 7.54. The van der Waals surface area contributed by atoms with E-state index >= 15 is 0 Å². The maximum atomic E-state index is 11.5. The van der Waals surface area contributed by atoms with Crippen LogP contribution in [0, 0.1) is 0 Å². The Labute approximate surface area is 131 Å². The summed E-state index contributed by atoms with van der Waals surface area (Å²) in [4.78, 5) is 21.3. The summed E-state index contributed by atoms with van der Waals surface area (Å²) >= 11 is 0. The molecule has 1 aromatic rings. The molecule has 10 heteroatoms. The third-order valence-electron chi connectivity index (χ3n) is 2.41. The molecule has 0 aromatic heterocycles. The molecule has 0 aliphatic heterocycles. The Morgan fingerprint density at radius 3 is 2.43 bits per heavy atom. The van der Waals surface area contributed by atoms with Crippen LogP contribution in [0.4, 0.5) is 0 Å². The number of benzene rings is 1. The smallest absolute Gasteiger partial charge is 0.337 e. The van der Waals surface area contributed by atoms with Crippen LogP contribution in [0.15, 0.2) is 29.7 Å². The van der Waals surface area contributed by atoms with Crippen LogP contribution in [0.2, 0.25) is 0 Å². The van der Waals surface area contributed by atoms with Crippen molar-refractivity contribution in [2.45, 2.75) is 17.9 Å². The first-order chi connectivity index (χ1) is 10.6. The van der Waals surface area contributed by atoms with Crippen molar-refractivity contribution >= 4 is 22.1 Å². The second kappa shape index (κ2) is 7.22. The SMILES string of the molecule is C=CC(=O)Oc1ccc(C(=O)O)c(S(=O)(=O)O)c1OCC(C)O. The first-order valence-electron chi connectivity index (χ1n) is 6.10. The summed E-state index contributed by atoms with van der Waals surface area (Å²) in [7, 11) is -5.03. The summed E-state index contributed by atoms with van der Waals surface area (Å²) in [5, 5.41) is 18.3. The number of aliphatic hydroxyl groups is 1. The Morgan fingerprint density at radius 1 is 1.39 bits per heavy atom. The van der Waals surface area contributed by atoms with Crippen molar-refractivity contribution in [3.63, 3.8) is 0 Å². The zero-order chi connectivity index (χ0) is 17.8. The second-order valence-electron chi connectivity index (χ2n) is 4.33. The van der Waals surface area contributed by atoms with Gasteiger partial charge >= 0.3 is 11.9 Å². The summed E-state index contributed by atoms with van der Waals surface area (Å²) in [6.45, 7) is 4.04. The molecule has 0 fully saturated rings. The topological polar surface area (TPSA) is 147 Å². The minimum atomic E-state index is -5.03. The molecule has 1 aromatic carbocycles. The predicted octanol–water partition coefficient (Wildman–Crippen LogP) is 0.482. The molecule has 0 aliphatic rings. The Hall–Kier alpha value is -2.43. The van der Waals surface area contributed by atoms with Crippen LogP contribution in [-0.2, 0) is 14.9 Å². The van der Waals surface area contributed by atoms with E-state index in [0.29, 0.717) is 0 Å². The van der Waals surface area contributed by atoms with E-state index in [1.54, 1.807) is 0 Å². The summed E-state index contributed by atoms with van der Waals surface area (Å²) in [6, 6.07) is 1.81. The molecule has 126 valence electrons. The van der Waals surface area contributed by atoms with Crippen molar-refractivity contribution in [2.24, 2.45) is 0 Å². The Kier molecular flexibility index (Phi) is 5.85. The van der Waals surface area contributed by atoms with Crippen LogP contribution < -0.4 is 9.47 Å². The van der Waals surface area contributed by atoms with Gasteiger partial charge < -0.3 is 19.7 Å². The third-order valence-corrected chi connectivity index (χ3v) is 3.33. The fraction of sp³-hybridized carbons (Fsp3) is 0.231. The quantitative estimate of drug-likeness (QED) is 0.277. The number of aromatic carboxylic acids is 1. The molecule has 0 radical (unpaired) electrons. The van der Waals surface area contributed by atoms with Gasteiger partial charge in [0.2, 0.25) is 0 Å². The third kappa shape index (κ3) is 4.77. The van der Waals surface area contributed by atoms with Crippen molar-refractivity contribution in [1.29, 1.82) is 0 Å². The first kappa shape index (κ1) is 18.6. The average molecular weight is 346 g/mol. The lowest BCUT2D eigenvalue weighted by Gasteiger charge is -2.16. The van der Waals surface area contributed by atoms with Crippen LogP contribution >= 0.6 is 0 Å². The van der Waals surface area contributed by atoms with Crippen molar-refractivity contribution in [1.82, 2.24) is 0 Å². The molecule has 0 saturated carbocycles. The molecule has 23 heavy (non-hydrogen) atoms. The van der Waals surface area contributed by atoms with E-state index in [4.69, 9.17) is 14.6 Å². The number of carbonyl (C=O) groups is 2. The van der Waals surface area contributed by atoms with Gasteiger partial charge in [0.1, 0.15) is 6.61 Å². The number of carboxylic acids is 1. The van der Waals surface area contributed by atoms with Crippen molar-refractivity contribution < 1.29 is 42.2 Å². The van der Waals surface area contributed by atoms with Gasteiger partial charge in [0.05, 0.1) is 11.7 Å². The van der Waals surface area contributed by atoms with E-state index in [2.05, 4.69) is 6.58 Å². The molecule has 0 amide bonds. The summed E-state index contributed by atoms with van der Waals surface area (Å²) in [6.07, 6.45) is -0.253. The van der Waals surface area contributed by atoms with E-state index in [1.165, 1.54) is 6.92 Å². The summed E-state index contributed by atoms with van der Waals surface area (Å²) < 4.78 is 42.1. The van der Waals surface area contributed by atoms with E-state index in [1.807, 2.05) is 0 Å².